The zero-order chi connectivity index (χ0) is 13.9. The summed E-state index contributed by atoms with van der Waals surface area (Å²) in [4.78, 5) is 0. The highest BCUT2D eigenvalue weighted by Gasteiger charge is 2.23. The number of ether oxygens (including phenoxy) is 2. The van der Waals surface area contributed by atoms with Crippen molar-refractivity contribution >= 4 is 15.9 Å². The highest BCUT2D eigenvalue weighted by molar-refractivity contribution is 9.10. The summed E-state index contributed by atoms with van der Waals surface area (Å²) in [5.74, 6) is 1.45. The number of fused-ring (bicyclic) bond motifs is 1. The fourth-order valence-corrected chi connectivity index (χ4v) is 3.42. The Morgan fingerprint density at radius 3 is 2.95 bits per heavy atom. The van der Waals surface area contributed by atoms with Crippen molar-refractivity contribution in [1.29, 1.82) is 0 Å². The molecule has 2 heterocycles. The van der Waals surface area contributed by atoms with Crippen molar-refractivity contribution in [2.45, 2.75) is 25.7 Å². The maximum absolute atomic E-state index is 14.5. The molecule has 1 unspecified atom stereocenters. The second-order valence-electron chi connectivity index (χ2n) is 5.46. The number of rotatable bonds is 2. The van der Waals surface area contributed by atoms with Crippen LogP contribution in [0.4, 0.5) is 4.39 Å². The number of benzene rings is 1. The first-order valence-electron chi connectivity index (χ1n) is 7.23. The van der Waals surface area contributed by atoms with E-state index in [1.807, 2.05) is 6.07 Å². The Labute approximate surface area is 127 Å². The molecule has 0 aliphatic carbocycles. The molecule has 2 aliphatic rings. The average molecular weight is 344 g/mol. The molecule has 3 nitrogen and oxygen atoms in total. The largest absolute Gasteiger partial charge is 0.490 e. The first kappa shape index (κ1) is 14.1. The molecule has 20 heavy (non-hydrogen) atoms. The van der Waals surface area contributed by atoms with Gasteiger partial charge >= 0.3 is 0 Å². The lowest BCUT2D eigenvalue weighted by Crippen LogP contribution is -2.31. The predicted octanol–water partition coefficient (Wildman–Crippen LogP) is 3.29. The van der Waals surface area contributed by atoms with Gasteiger partial charge in [0, 0.05) is 6.42 Å². The van der Waals surface area contributed by atoms with E-state index < -0.39 is 0 Å². The number of nitrogens with one attached hydrogen (secondary N) is 1. The van der Waals surface area contributed by atoms with Crippen molar-refractivity contribution in [1.82, 2.24) is 5.32 Å². The van der Waals surface area contributed by atoms with Crippen molar-refractivity contribution in [2.75, 3.05) is 26.3 Å². The van der Waals surface area contributed by atoms with Crippen LogP contribution in [0, 0.1) is 11.7 Å². The molecule has 1 saturated heterocycles. The quantitative estimate of drug-likeness (QED) is 0.893. The van der Waals surface area contributed by atoms with Crippen molar-refractivity contribution in [2.24, 2.45) is 5.92 Å². The molecule has 1 aromatic carbocycles. The van der Waals surface area contributed by atoms with Gasteiger partial charge in [-0.1, -0.05) is 0 Å². The van der Waals surface area contributed by atoms with E-state index in [1.54, 1.807) is 0 Å². The summed E-state index contributed by atoms with van der Waals surface area (Å²) < 4.78 is 26.1. The average Bonchev–Trinajstić information content (AvgIpc) is 2.71. The molecule has 0 saturated carbocycles. The molecule has 1 fully saturated rings. The molecule has 0 aromatic heterocycles. The van der Waals surface area contributed by atoms with E-state index in [-0.39, 0.29) is 5.82 Å². The highest BCUT2D eigenvalue weighted by Crippen LogP contribution is 2.41. The van der Waals surface area contributed by atoms with E-state index in [0.717, 1.165) is 44.3 Å². The van der Waals surface area contributed by atoms with Gasteiger partial charge in [-0.3, -0.25) is 0 Å². The molecule has 5 heteroatoms. The maximum atomic E-state index is 14.5. The fourth-order valence-electron chi connectivity index (χ4n) is 2.85. The van der Waals surface area contributed by atoms with Crippen LogP contribution in [0.5, 0.6) is 11.5 Å². The molecule has 2 aliphatic heterocycles. The molecule has 0 amide bonds. The number of hydrogen-bond donors (Lipinski definition) is 1. The molecule has 3 rings (SSSR count). The lowest BCUT2D eigenvalue weighted by molar-refractivity contribution is 0.296. The minimum absolute atomic E-state index is 0.208. The smallest absolute Gasteiger partial charge is 0.178 e. The molecule has 1 atom stereocenters. The Bertz CT molecular complexity index is 489. The lowest BCUT2D eigenvalue weighted by Gasteiger charge is -2.23. The Balaban J connectivity index is 1.86. The van der Waals surface area contributed by atoms with Crippen molar-refractivity contribution < 1.29 is 13.9 Å². The first-order chi connectivity index (χ1) is 9.75. The van der Waals surface area contributed by atoms with E-state index in [4.69, 9.17) is 9.47 Å². The van der Waals surface area contributed by atoms with Crippen LogP contribution in [0.1, 0.15) is 24.8 Å². The van der Waals surface area contributed by atoms with Crippen molar-refractivity contribution in [3.63, 3.8) is 0 Å². The van der Waals surface area contributed by atoms with E-state index in [9.17, 15) is 4.39 Å². The predicted molar refractivity (Wildman–Crippen MR) is 79.0 cm³/mol. The van der Waals surface area contributed by atoms with Gasteiger partial charge in [0.15, 0.2) is 11.5 Å². The Hall–Kier alpha value is -0.810. The van der Waals surface area contributed by atoms with Gasteiger partial charge in [-0.25, -0.2) is 4.39 Å². The molecule has 0 spiro atoms. The molecule has 0 bridgehead atoms. The van der Waals surface area contributed by atoms with E-state index in [0.29, 0.717) is 35.1 Å². The number of hydrogen-bond acceptors (Lipinski definition) is 3. The lowest BCUT2D eigenvalue weighted by atomic mass is 9.92. The molecular weight excluding hydrogens is 325 g/mol. The van der Waals surface area contributed by atoms with E-state index >= 15 is 0 Å². The minimum Gasteiger partial charge on any atom is -0.490 e. The summed E-state index contributed by atoms with van der Waals surface area (Å²) in [6.45, 7) is 3.22. The highest BCUT2D eigenvalue weighted by atomic mass is 79.9. The Morgan fingerprint density at radius 2 is 2.15 bits per heavy atom. The normalized spacial score (nSPS) is 22.4. The van der Waals surface area contributed by atoms with E-state index in [2.05, 4.69) is 21.2 Å². The van der Waals surface area contributed by atoms with Crippen LogP contribution < -0.4 is 14.8 Å². The van der Waals surface area contributed by atoms with Crippen LogP contribution in [-0.2, 0) is 6.42 Å². The molecule has 1 N–H and O–H groups in total. The van der Waals surface area contributed by atoms with Crippen molar-refractivity contribution in [3.05, 3.63) is 21.9 Å². The second kappa shape index (κ2) is 6.31. The topological polar surface area (TPSA) is 30.5 Å². The number of piperidine rings is 1. The van der Waals surface area contributed by atoms with Gasteiger partial charge in [-0.05, 0) is 65.8 Å². The summed E-state index contributed by atoms with van der Waals surface area (Å²) in [6.07, 6.45) is 3.88. The van der Waals surface area contributed by atoms with Gasteiger partial charge in [0.1, 0.15) is 5.82 Å². The monoisotopic (exact) mass is 343 g/mol. The van der Waals surface area contributed by atoms with Crippen LogP contribution in [0.3, 0.4) is 0 Å². The Morgan fingerprint density at radius 1 is 1.30 bits per heavy atom. The molecule has 1 aromatic rings. The van der Waals surface area contributed by atoms with E-state index in [1.165, 1.54) is 0 Å². The van der Waals surface area contributed by atoms with Gasteiger partial charge in [-0.2, -0.15) is 0 Å². The Kier molecular flexibility index (Phi) is 4.46. The molecule has 110 valence electrons. The summed E-state index contributed by atoms with van der Waals surface area (Å²) in [6, 6.07) is 1.81. The second-order valence-corrected chi connectivity index (χ2v) is 6.25. The first-order valence-corrected chi connectivity index (χ1v) is 8.02. The standard InChI is InChI=1S/C15H19BrFNO2/c16-13-14(17)11(7-10-3-1-4-18-9-10)8-12-15(13)20-6-2-5-19-12/h8,10,18H,1-7,9H2. The van der Waals surface area contributed by atoms with Gasteiger partial charge < -0.3 is 14.8 Å². The van der Waals surface area contributed by atoms with Crippen LogP contribution in [0.15, 0.2) is 10.5 Å². The maximum Gasteiger partial charge on any atom is 0.178 e. The summed E-state index contributed by atoms with van der Waals surface area (Å²) in [5.41, 5.74) is 0.717. The summed E-state index contributed by atoms with van der Waals surface area (Å²) in [7, 11) is 0. The fraction of sp³-hybridized carbons (Fsp3) is 0.600. The van der Waals surface area contributed by atoms with Crippen LogP contribution >= 0.6 is 15.9 Å². The summed E-state index contributed by atoms with van der Waals surface area (Å²) >= 11 is 3.32. The molecular formula is C15H19BrFNO2. The minimum atomic E-state index is -0.208. The van der Waals surface area contributed by atoms with Crippen LogP contribution in [-0.4, -0.2) is 26.3 Å². The van der Waals surface area contributed by atoms with Crippen LogP contribution in [0.2, 0.25) is 0 Å². The van der Waals surface area contributed by atoms with Gasteiger partial charge in [0.05, 0.1) is 17.7 Å². The number of halogens is 2. The van der Waals surface area contributed by atoms with Gasteiger partial charge in [0.25, 0.3) is 0 Å². The third-order valence-corrected chi connectivity index (χ3v) is 4.61. The zero-order valence-electron chi connectivity index (χ0n) is 11.4. The van der Waals surface area contributed by atoms with Crippen molar-refractivity contribution in [3.8, 4) is 11.5 Å². The SMILES string of the molecule is Fc1c(CC2CCCNC2)cc2c(c1Br)OCCCO2. The third-order valence-electron chi connectivity index (χ3n) is 3.90. The molecule has 0 radical (unpaired) electrons. The van der Waals surface area contributed by atoms with Gasteiger partial charge in [-0.15, -0.1) is 0 Å². The third kappa shape index (κ3) is 2.93. The van der Waals surface area contributed by atoms with Crippen LogP contribution in [0.25, 0.3) is 0 Å². The summed E-state index contributed by atoms with van der Waals surface area (Å²) in [5, 5.41) is 3.37. The zero-order valence-corrected chi connectivity index (χ0v) is 13.0. The van der Waals surface area contributed by atoms with Gasteiger partial charge in [0.2, 0.25) is 0 Å².